The molecule has 0 amide bonds. The van der Waals surface area contributed by atoms with Crippen molar-refractivity contribution in [2.24, 2.45) is 0 Å². The molecular weight excluding hydrogens is 458 g/mol. The van der Waals surface area contributed by atoms with Gasteiger partial charge in [-0.1, -0.05) is 65.9 Å². The van der Waals surface area contributed by atoms with E-state index >= 15 is 0 Å². The summed E-state index contributed by atoms with van der Waals surface area (Å²) in [6.07, 6.45) is -3.19. The van der Waals surface area contributed by atoms with Gasteiger partial charge in [0.05, 0.1) is 12.3 Å². The molecule has 1 fully saturated rings. The van der Waals surface area contributed by atoms with E-state index in [0.29, 0.717) is 11.1 Å². The largest absolute Gasteiger partial charge is 0.391 e. The molecule has 34 heavy (non-hydrogen) atoms. The molecule has 2 aromatic carbocycles. The average Bonchev–Trinajstić information content (AvgIpc) is 3.34. The van der Waals surface area contributed by atoms with Crippen LogP contribution in [0.3, 0.4) is 0 Å². The maximum Gasteiger partial charge on any atom is 0.160 e. The number of hydrogen-bond donors (Lipinski definition) is 5. The molecule has 7 atom stereocenters. The Bertz CT molecular complexity index is 1030. The molecule has 1 aliphatic rings. The van der Waals surface area contributed by atoms with E-state index in [1.807, 2.05) is 36.4 Å². The van der Waals surface area contributed by atoms with E-state index < -0.39 is 47.6 Å². The summed E-state index contributed by atoms with van der Waals surface area (Å²) in [5.41, 5.74) is -1.07. The first kappa shape index (κ1) is 24.8. The first-order valence-corrected chi connectivity index (χ1v) is 12.2. The molecule has 4 rings (SSSR count). The van der Waals surface area contributed by atoms with Crippen molar-refractivity contribution in [2.45, 2.75) is 54.5 Å². The van der Waals surface area contributed by atoms with E-state index in [0.717, 1.165) is 0 Å². The van der Waals surface area contributed by atoms with Gasteiger partial charge in [-0.15, -0.1) is 16.9 Å². The van der Waals surface area contributed by atoms with Crippen LogP contribution in [-0.4, -0.2) is 82.7 Å². The lowest BCUT2D eigenvalue weighted by Crippen LogP contribution is -2.59. The second-order valence-electron chi connectivity index (χ2n) is 8.43. The molecule has 1 saturated heterocycles. The average molecular weight is 488 g/mol. The SMILES string of the molecule is CS[C@H]1O[C@H]([C@@H]([C@@H](C)O)n2cc(C(O)(c3ccccc3)c3ccccc3)nn2)[C@H](O)[C@H](O)[C@H]1O. The zero-order valence-electron chi connectivity index (χ0n) is 18.8. The number of thioether (sulfide) groups is 1. The molecule has 3 aromatic rings. The zero-order chi connectivity index (χ0) is 24.5. The second-order valence-corrected chi connectivity index (χ2v) is 9.37. The van der Waals surface area contributed by atoms with Gasteiger partial charge in [-0.25, -0.2) is 4.68 Å². The van der Waals surface area contributed by atoms with Gasteiger partial charge in [0.2, 0.25) is 0 Å². The van der Waals surface area contributed by atoms with Crippen molar-refractivity contribution >= 4 is 11.8 Å². The van der Waals surface area contributed by atoms with Gasteiger partial charge in [-0.3, -0.25) is 0 Å². The van der Waals surface area contributed by atoms with Gasteiger partial charge in [-0.2, -0.15) is 0 Å². The van der Waals surface area contributed by atoms with Crippen LogP contribution in [0, 0.1) is 0 Å². The summed E-state index contributed by atoms with van der Waals surface area (Å²) in [6, 6.07) is 17.1. The van der Waals surface area contributed by atoms with Gasteiger partial charge < -0.3 is 30.3 Å². The summed E-state index contributed by atoms with van der Waals surface area (Å²) < 4.78 is 7.19. The van der Waals surface area contributed by atoms with Crippen molar-refractivity contribution in [3.8, 4) is 0 Å². The van der Waals surface area contributed by atoms with Crippen molar-refractivity contribution in [1.29, 1.82) is 0 Å². The summed E-state index contributed by atoms with van der Waals surface area (Å²) >= 11 is 1.18. The number of aromatic nitrogens is 3. The Morgan fingerprint density at radius 1 is 0.941 bits per heavy atom. The van der Waals surface area contributed by atoms with Crippen LogP contribution < -0.4 is 0 Å². The number of rotatable bonds is 7. The normalized spacial score (nSPS) is 27.3. The maximum atomic E-state index is 11.9. The molecule has 0 spiro atoms. The molecule has 182 valence electrons. The quantitative estimate of drug-likeness (QED) is 0.325. The molecule has 1 aliphatic heterocycles. The van der Waals surface area contributed by atoms with Crippen molar-refractivity contribution < 1.29 is 30.3 Å². The van der Waals surface area contributed by atoms with Crippen LogP contribution in [-0.2, 0) is 10.3 Å². The van der Waals surface area contributed by atoms with Crippen LogP contribution in [0.2, 0.25) is 0 Å². The molecule has 0 bridgehead atoms. The Kier molecular flexibility index (Phi) is 7.39. The standard InChI is InChI=1S/C24H29N3O6S/c1-14(28)18(22-20(30)19(29)21(31)23(33-22)34-2)27-13-17(25-26-27)24(32,15-9-5-3-6-10-15)16-11-7-4-8-12-16/h3-14,18-23,28-32H,1-2H3/t14-,18-,19+,20-,21-,22-,23-/m1/s1. The van der Waals surface area contributed by atoms with E-state index in [1.54, 1.807) is 30.5 Å². The first-order chi connectivity index (χ1) is 16.3. The second kappa shape index (κ2) is 10.1. The minimum Gasteiger partial charge on any atom is -0.391 e. The molecule has 0 aliphatic carbocycles. The summed E-state index contributed by atoms with van der Waals surface area (Å²) in [6.45, 7) is 1.51. The lowest BCUT2D eigenvalue weighted by atomic mass is 9.84. The maximum absolute atomic E-state index is 11.9. The van der Waals surface area contributed by atoms with Crippen LogP contribution in [0.4, 0.5) is 0 Å². The molecule has 0 saturated carbocycles. The monoisotopic (exact) mass is 487 g/mol. The third-order valence-electron chi connectivity index (χ3n) is 6.24. The molecule has 0 unspecified atom stereocenters. The molecule has 9 nitrogen and oxygen atoms in total. The van der Waals surface area contributed by atoms with Crippen molar-refractivity contribution in [3.05, 3.63) is 83.7 Å². The van der Waals surface area contributed by atoms with Gasteiger partial charge in [0, 0.05) is 0 Å². The summed E-state index contributed by atoms with van der Waals surface area (Å²) in [4.78, 5) is 0. The van der Waals surface area contributed by atoms with Crippen LogP contribution in [0.15, 0.2) is 66.9 Å². The Morgan fingerprint density at radius 3 is 2.00 bits per heavy atom. The Morgan fingerprint density at radius 2 is 1.50 bits per heavy atom. The fraction of sp³-hybridized carbons (Fsp3) is 0.417. The summed E-state index contributed by atoms with van der Waals surface area (Å²) in [5, 5.41) is 62.2. The van der Waals surface area contributed by atoms with E-state index in [1.165, 1.54) is 29.6 Å². The zero-order valence-corrected chi connectivity index (χ0v) is 19.6. The first-order valence-electron chi connectivity index (χ1n) is 10.9. The van der Waals surface area contributed by atoms with Crippen molar-refractivity contribution in [2.75, 3.05) is 6.26 Å². The number of aliphatic hydroxyl groups is 5. The highest BCUT2D eigenvalue weighted by atomic mass is 32.2. The van der Waals surface area contributed by atoms with Gasteiger partial charge >= 0.3 is 0 Å². The fourth-order valence-electron chi connectivity index (χ4n) is 4.41. The van der Waals surface area contributed by atoms with Gasteiger partial charge in [0.15, 0.2) is 5.60 Å². The minimum atomic E-state index is -1.63. The number of nitrogens with zero attached hydrogens (tertiary/aromatic N) is 3. The third-order valence-corrected chi connectivity index (χ3v) is 7.09. The Labute approximate surface area is 201 Å². The highest BCUT2D eigenvalue weighted by molar-refractivity contribution is 7.99. The van der Waals surface area contributed by atoms with Crippen LogP contribution >= 0.6 is 11.8 Å². The third kappa shape index (κ3) is 4.38. The highest BCUT2D eigenvalue weighted by Crippen LogP contribution is 2.37. The molecule has 2 heterocycles. The van der Waals surface area contributed by atoms with E-state index in [9.17, 15) is 25.5 Å². The summed E-state index contributed by atoms with van der Waals surface area (Å²) in [5.74, 6) is 0. The Balaban J connectivity index is 1.76. The predicted octanol–water partition coefficient (Wildman–Crippen LogP) is 0.655. The smallest absolute Gasteiger partial charge is 0.160 e. The van der Waals surface area contributed by atoms with Crippen LogP contribution in [0.5, 0.6) is 0 Å². The number of aliphatic hydroxyl groups excluding tert-OH is 4. The van der Waals surface area contributed by atoms with Crippen LogP contribution in [0.1, 0.15) is 29.8 Å². The lowest BCUT2D eigenvalue weighted by molar-refractivity contribution is -0.216. The van der Waals surface area contributed by atoms with Gasteiger partial charge in [0.25, 0.3) is 0 Å². The van der Waals surface area contributed by atoms with E-state index in [4.69, 9.17) is 4.74 Å². The van der Waals surface area contributed by atoms with E-state index in [2.05, 4.69) is 10.3 Å². The molecule has 1 aromatic heterocycles. The Hall–Kier alpha value is -2.31. The molecule has 10 heteroatoms. The topological polar surface area (TPSA) is 141 Å². The molecule has 0 radical (unpaired) electrons. The van der Waals surface area contributed by atoms with Crippen molar-refractivity contribution in [3.63, 3.8) is 0 Å². The predicted molar refractivity (Wildman–Crippen MR) is 126 cm³/mol. The minimum absolute atomic E-state index is 0.211. The van der Waals surface area contributed by atoms with Gasteiger partial charge in [0.1, 0.15) is 41.6 Å². The van der Waals surface area contributed by atoms with Crippen molar-refractivity contribution in [1.82, 2.24) is 15.0 Å². The molecular formula is C24H29N3O6S. The summed E-state index contributed by atoms with van der Waals surface area (Å²) in [7, 11) is 0. The number of ether oxygens (including phenoxy) is 1. The van der Waals surface area contributed by atoms with E-state index in [-0.39, 0.29) is 5.69 Å². The lowest BCUT2D eigenvalue weighted by Gasteiger charge is -2.43. The van der Waals surface area contributed by atoms with Gasteiger partial charge in [-0.05, 0) is 24.3 Å². The highest BCUT2D eigenvalue weighted by Gasteiger charge is 2.49. The van der Waals surface area contributed by atoms with Crippen LogP contribution in [0.25, 0.3) is 0 Å². The molecule has 5 N–H and O–H groups in total. The fourth-order valence-corrected chi connectivity index (χ4v) is 5.09. The number of benzene rings is 2. The number of hydrogen-bond acceptors (Lipinski definition) is 9.